The molecule has 2 aromatic heterocycles. The molecule has 6 heteroatoms. The lowest BCUT2D eigenvalue weighted by Gasteiger charge is -1.99. The molecule has 0 fully saturated rings. The van der Waals surface area contributed by atoms with Crippen LogP contribution in [0.1, 0.15) is 11.5 Å². The van der Waals surface area contributed by atoms with Crippen molar-refractivity contribution in [1.29, 1.82) is 0 Å². The molecule has 138 valence electrons. The van der Waals surface area contributed by atoms with Crippen LogP contribution in [0.2, 0.25) is 0 Å². The summed E-state index contributed by atoms with van der Waals surface area (Å²) in [7, 11) is 0. The summed E-state index contributed by atoms with van der Waals surface area (Å²) in [5.41, 5.74) is 2.12. The molecule has 0 saturated heterocycles. The third-order valence-electron chi connectivity index (χ3n) is 3.97. The number of hydrogen-bond donors (Lipinski definition) is 0. The van der Waals surface area contributed by atoms with Gasteiger partial charge in [-0.25, -0.2) is 0 Å². The maximum Gasteiger partial charge on any atom is 0.147 e. The van der Waals surface area contributed by atoms with Gasteiger partial charge in [-0.3, -0.25) is 0 Å². The van der Waals surface area contributed by atoms with Crippen LogP contribution in [0.3, 0.4) is 0 Å². The van der Waals surface area contributed by atoms with E-state index in [1.54, 1.807) is 12.4 Å². The second-order valence-corrected chi connectivity index (χ2v) is 8.18. The predicted octanol–water partition coefficient (Wildman–Crippen LogP) is 6.87. The fraction of sp³-hybridized carbons (Fsp3) is 0. The molecule has 0 aliphatic heterocycles. The summed E-state index contributed by atoms with van der Waals surface area (Å²) in [6, 6.07) is 23.8. The quantitative estimate of drug-likeness (QED) is 0.144. The fourth-order valence-electron chi connectivity index (χ4n) is 2.64. The maximum atomic E-state index is 5.83. The third-order valence-corrected chi connectivity index (χ3v) is 5.85. The average molecular weight is 592 g/mol. The van der Waals surface area contributed by atoms with E-state index in [4.69, 9.17) is 8.83 Å². The van der Waals surface area contributed by atoms with Gasteiger partial charge in [-0.1, -0.05) is 36.4 Å². The minimum atomic E-state index is 0.644. The van der Waals surface area contributed by atoms with Crippen LogP contribution in [0.4, 0.5) is 0 Å². The topological polar surface area (TPSA) is 51.0 Å². The highest BCUT2D eigenvalue weighted by atomic mass is 127. The highest BCUT2D eigenvalue weighted by Crippen LogP contribution is 2.27. The molecule has 0 radical (unpaired) electrons. The van der Waals surface area contributed by atoms with Crippen molar-refractivity contribution in [3.63, 3.8) is 0 Å². The van der Waals surface area contributed by atoms with E-state index < -0.39 is 0 Å². The normalized spacial score (nSPS) is 11.6. The lowest BCUT2D eigenvalue weighted by atomic mass is 10.2. The Hall–Kier alpha value is -2.20. The van der Waals surface area contributed by atoms with Crippen LogP contribution in [-0.2, 0) is 0 Å². The number of benzene rings is 2. The summed E-state index contributed by atoms with van der Waals surface area (Å²) >= 11 is 4.59. The number of hydrogen-bond acceptors (Lipinski definition) is 4. The van der Waals surface area contributed by atoms with Gasteiger partial charge in [-0.15, -0.1) is 0 Å². The van der Waals surface area contributed by atoms with Crippen LogP contribution in [-0.4, -0.2) is 12.4 Å². The van der Waals surface area contributed by atoms with E-state index >= 15 is 0 Å². The van der Waals surface area contributed by atoms with Gasteiger partial charge < -0.3 is 8.83 Å². The van der Waals surface area contributed by atoms with Crippen molar-refractivity contribution in [2.75, 3.05) is 0 Å². The van der Waals surface area contributed by atoms with Crippen molar-refractivity contribution in [3.05, 3.63) is 91.5 Å². The Bertz CT molecular complexity index is 1070. The Labute approximate surface area is 189 Å². The van der Waals surface area contributed by atoms with Crippen molar-refractivity contribution in [2.45, 2.75) is 0 Å². The van der Waals surface area contributed by atoms with E-state index in [0.717, 1.165) is 29.8 Å². The zero-order valence-corrected chi connectivity index (χ0v) is 18.9. The van der Waals surface area contributed by atoms with Gasteiger partial charge in [0.25, 0.3) is 0 Å². The SMILES string of the molecule is Ic1ccccc1-c1ccc(C=NN=Cc2ccc(-c3ccccc3I)o2)o1. The van der Waals surface area contributed by atoms with E-state index in [1.165, 1.54) is 0 Å². The standard InChI is InChI=1S/C22H14I2N2O2/c23-19-7-3-1-5-17(19)21-11-9-15(27-21)13-25-26-14-16-10-12-22(28-16)18-6-2-4-8-20(18)24/h1-14H. The molecular weight excluding hydrogens is 578 g/mol. The van der Waals surface area contributed by atoms with Crippen molar-refractivity contribution in [2.24, 2.45) is 10.2 Å². The van der Waals surface area contributed by atoms with E-state index in [-0.39, 0.29) is 0 Å². The van der Waals surface area contributed by atoms with Crippen LogP contribution in [0, 0.1) is 7.14 Å². The lowest BCUT2D eigenvalue weighted by Crippen LogP contribution is -1.79. The van der Waals surface area contributed by atoms with Crippen LogP contribution < -0.4 is 0 Å². The van der Waals surface area contributed by atoms with Gasteiger partial charge >= 0.3 is 0 Å². The monoisotopic (exact) mass is 592 g/mol. The first kappa shape index (κ1) is 19.1. The van der Waals surface area contributed by atoms with Crippen molar-refractivity contribution < 1.29 is 8.83 Å². The molecular formula is C22H14I2N2O2. The highest BCUT2D eigenvalue weighted by molar-refractivity contribution is 14.1. The summed E-state index contributed by atoms with van der Waals surface area (Å²) in [4.78, 5) is 0. The van der Waals surface area contributed by atoms with E-state index in [2.05, 4.69) is 55.4 Å². The largest absolute Gasteiger partial charge is 0.455 e. The lowest BCUT2D eigenvalue weighted by molar-refractivity contribution is 0.573. The van der Waals surface area contributed by atoms with Gasteiger partial charge in [0.15, 0.2) is 0 Å². The molecule has 4 nitrogen and oxygen atoms in total. The minimum absolute atomic E-state index is 0.644. The molecule has 2 heterocycles. The molecule has 0 N–H and O–H groups in total. The Balaban J connectivity index is 1.44. The van der Waals surface area contributed by atoms with Crippen LogP contribution >= 0.6 is 45.2 Å². The molecule has 0 amide bonds. The average Bonchev–Trinajstić information content (AvgIpc) is 3.36. The Morgan fingerprint density at radius 2 is 1.00 bits per heavy atom. The molecule has 0 unspecified atom stereocenters. The van der Waals surface area contributed by atoms with Crippen molar-refractivity contribution >= 4 is 57.6 Å². The van der Waals surface area contributed by atoms with Gasteiger partial charge in [0, 0.05) is 18.3 Å². The summed E-state index contributed by atoms with van der Waals surface area (Å²) in [6.45, 7) is 0. The molecule has 0 bridgehead atoms. The first-order valence-electron chi connectivity index (χ1n) is 8.46. The van der Waals surface area contributed by atoms with Gasteiger partial charge in [-0.2, -0.15) is 10.2 Å². The third kappa shape index (κ3) is 4.44. The summed E-state index contributed by atoms with van der Waals surface area (Å²) in [5.74, 6) is 2.91. The number of rotatable bonds is 5. The number of nitrogens with zero attached hydrogens (tertiary/aromatic N) is 2. The minimum Gasteiger partial charge on any atom is -0.455 e. The molecule has 28 heavy (non-hydrogen) atoms. The number of furan rings is 2. The Morgan fingerprint density at radius 3 is 1.43 bits per heavy atom. The predicted molar refractivity (Wildman–Crippen MR) is 129 cm³/mol. The second-order valence-electron chi connectivity index (χ2n) is 5.85. The molecule has 4 rings (SSSR count). The summed E-state index contributed by atoms with van der Waals surface area (Å²) < 4.78 is 13.9. The fourth-order valence-corrected chi connectivity index (χ4v) is 3.94. The molecule has 0 atom stereocenters. The first-order valence-corrected chi connectivity index (χ1v) is 10.6. The summed E-state index contributed by atoms with van der Waals surface area (Å²) in [5, 5.41) is 8.11. The van der Waals surface area contributed by atoms with Crippen molar-refractivity contribution in [3.8, 4) is 22.6 Å². The van der Waals surface area contributed by atoms with Gasteiger partial charge in [0.2, 0.25) is 0 Å². The molecule has 0 spiro atoms. The van der Waals surface area contributed by atoms with Crippen LogP contribution in [0.25, 0.3) is 22.6 Å². The highest BCUT2D eigenvalue weighted by Gasteiger charge is 2.07. The molecule has 4 aromatic rings. The molecule has 0 aliphatic carbocycles. The number of halogens is 2. The van der Waals surface area contributed by atoms with E-state index in [9.17, 15) is 0 Å². The first-order chi connectivity index (χ1) is 13.7. The van der Waals surface area contributed by atoms with Crippen LogP contribution in [0.15, 0.2) is 91.8 Å². The Morgan fingerprint density at radius 1 is 0.571 bits per heavy atom. The summed E-state index contributed by atoms with van der Waals surface area (Å²) in [6.07, 6.45) is 3.17. The van der Waals surface area contributed by atoms with Crippen molar-refractivity contribution in [1.82, 2.24) is 0 Å². The second kappa shape index (κ2) is 8.87. The zero-order chi connectivity index (χ0) is 19.3. The van der Waals surface area contributed by atoms with E-state index in [0.29, 0.717) is 11.5 Å². The molecule has 0 saturated carbocycles. The Kier molecular flexibility index (Phi) is 6.06. The molecule has 2 aromatic carbocycles. The van der Waals surface area contributed by atoms with Gasteiger partial charge in [0.1, 0.15) is 23.0 Å². The van der Waals surface area contributed by atoms with Crippen LogP contribution in [0.5, 0.6) is 0 Å². The maximum absolute atomic E-state index is 5.83. The smallest absolute Gasteiger partial charge is 0.147 e. The van der Waals surface area contributed by atoms with Gasteiger partial charge in [0.05, 0.1) is 12.4 Å². The zero-order valence-electron chi connectivity index (χ0n) is 14.5. The van der Waals surface area contributed by atoms with E-state index in [1.807, 2.05) is 72.8 Å². The molecule has 0 aliphatic rings. The van der Waals surface area contributed by atoms with Gasteiger partial charge in [-0.05, 0) is 81.6 Å².